The lowest BCUT2D eigenvalue weighted by atomic mass is 10.0. The topological polar surface area (TPSA) is 95.1 Å². The van der Waals surface area contributed by atoms with Crippen molar-refractivity contribution in [2.75, 3.05) is 0 Å². The summed E-state index contributed by atoms with van der Waals surface area (Å²) in [4.78, 5) is 10.7. The zero-order chi connectivity index (χ0) is 9.72. The summed E-state index contributed by atoms with van der Waals surface area (Å²) in [6.07, 6.45) is 1.33. The van der Waals surface area contributed by atoms with E-state index in [0.29, 0.717) is 12.8 Å². The van der Waals surface area contributed by atoms with Crippen LogP contribution in [0.1, 0.15) is 26.7 Å². The monoisotopic (exact) mass is 173 g/mol. The number of nitrogens with two attached hydrogens (primary N) is 3. The van der Waals surface area contributed by atoms with Gasteiger partial charge in [0.05, 0.1) is 6.04 Å². The van der Waals surface area contributed by atoms with Crippen LogP contribution in [0.25, 0.3) is 0 Å². The smallest absolute Gasteiger partial charge is 0.146 e. The molecule has 0 radical (unpaired) electrons. The van der Waals surface area contributed by atoms with Crippen LogP contribution in [0.5, 0.6) is 0 Å². The van der Waals surface area contributed by atoms with Gasteiger partial charge in [-0.3, -0.25) is 4.79 Å². The maximum Gasteiger partial charge on any atom is 0.146 e. The van der Waals surface area contributed by atoms with E-state index < -0.39 is 0 Å². The van der Waals surface area contributed by atoms with Gasteiger partial charge in [-0.05, 0) is 26.7 Å². The first-order valence-corrected chi connectivity index (χ1v) is 4.22. The molecule has 0 aromatic heterocycles. The third kappa shape index (κ3) is 4.43. The molecule has 0 aliphatic rings. The Kier molecular flexibility index (Phi) is 5.04. The molecular formula is C8H19N3O. The molecule has 0 saturated heterocycles. The van der Waals surface area contributed by atoms with Crippen molar-refractivity contribution >= 4 is 5.78 Å². The molecule has 0 aliphatic heterocycles. The highest BCUT2D eigenvalue weighted by atomic mass is 16.1. The predicted molar refractivity (Wildman–Crippen MR) is 49.5 cm³/mol. The lowest BCUT2D eigenvalue weighted by molar-refractivity contribution is -0.118. The molecule has 4 heteroatoms. The van der Waals surface area contributed by atoms with Crippen LogP contribution in [0.3, 0.4) is 0 Å². The number of hydrogen-bond donors (Lipinski definition) is 3. The zero-order valence-electron chi connectivity index (χ0n) is 7.79. The highest BCUT2D eigenvalue weighted by Crippen LogP contribution is 2.01. The van der Waals surface area contributed by atoms with Crippen molar-refractivity contribution in [3.63, 3.8) is 0 Å². The average Bonchev–Trinajstić information content (AvgIpc) is 1.98. The van der Waals surface area contributed by atoms with Crippen molar-refractivity contribution in [2.24, 2.45) is 17.2 Å². The minimum Gasteiger partial charge on any atom is -0.327 e. The van der Waals surface area contributed by atoms with Gasteiger partial charge in [-0.2, -0.15) is 0 Å². The van der Waals surface area contributed by atoms with Crippen LogP contribution in [0.15, 0.2) is 0 Å². The lowest BCUT2D eigenvalue weighted by Crippen LogP contribution is -2.40. The second-order valence-corrected chi connectivity index (χ2v) is 3.32. The van der Waals surface area contributed by atoms with Gasteiger partial charge in [0.25, 0.3) is 0 Å². The summed E-state index contributed by atoms with van der Waals surface area (Å²) in [5, 5.41) is 0. The number of rotatable bonds is 5. The second kappa shape index (κ2) is 5.24. The summed E-state index contributed by atoms with van der Waals surface area (Å²) >= 11 is 0. The molecule has 6 N–H and O–H groups in total. The van der Waals surface area contributed by atoms with Crippen LogP contribution in [-0.2, 0) is 4.79 Å². The standard InChI is InChI=1S/C8H19N3O/c1-5(9)7(10)3-4-8(11)6(2)12/h5,7-8H,3-4,9-11H2,1-2H3. The fourth-order valence-corrected chi connectivity index (χ4v) is 0.838. The summed E-state index contributed by atoms with van der Waals surface area (Å²) in [6, 6.07) is -0.477. The molecule has 0 aromatic rings. The van der Waals surface area contributed by atoms with Crippen molar-refractivity contribution in [1.82, 2.24) is 0 Å². The Balaban J connectivity index is 3.61. The van der Waals surface area contributed by atoms with E-state index in [0.717, 1.165) is 0 Å². The Morgan fingerprint density at radius 3 is 2.08 bits per heavy atom. The average molecular weight is 173 g/mol. The van der Waals surface area contributed by atoms with Gasteiger partial charge < -0.3 is 17.2 Å². The fourth-order valence-electron chi connectivity index (χ4n) is 0.838. The molecule has 0 aliphatic carbocycles. The molecule has 0 amide bonds. The number of hydrogen-bond acceptors (Lipinski definition) is 4. The fraction of sp³-hybridized carbons (Fsp3) is 0.875. The van der Waals surface area contributed by atoms with Crippen LogP contribution in [0.4, 0.5) is 0 Å². The van der Waals surface area contributed by atoms with E-state index in [1.807, 2.05) is 6.92 Å². The third-order valence-corrected chi connectivity index (χ3v) is 2.01. The summed E-state index contributed by atoms with van der Waals surface area (Å²) in [7, 11) is 0. The van der Waals surface area contributed by atoms with Crippen LogP contribution in [-0.4, -0.2) is 23.9 Å². The Morgan fingerprint density at radius 2 is 1.75 bits per heavy atom. The SMILES string of the molecule is CC(=O)C(N)CCC(N)C(C)N. The summed E-state index contributed by atoms with van der Waals surface area (Å²) in [5.74, 6) is 0.00637. The van der Waals surface area contributed by atoms with Gasteiger partial charge in [-0.25, -0.2) is 0 Å². The minimum atomic E-state index is -0.380. The largest absolute Gasteiger partial charge is 0.327 e. The number of Topliss-reactive ketones (excluding diaryl/α,β-unsaturated/α-hetero) is 1. The Morgan fingerprint density at radius 1 is 1.25 bits per heavy atom. The maximum absolute atomic E-state index is 10.7. The van der Waals surface area contributed by atoms with Crippen molar-refractivity contribution in [2.45, 2.75) is 44.8 Å². The first-order chi connectivity index (χ1) is 5.45. The van der Waals surface area contributed by atoms with Gasteiger partial charge >= 0.3 is 0 Å². The van der Waals surface area contributed by atoms with Crippen molar-refractivity contribution in [3.8, 4) is 0 Å². The van der Waals surface area contributed by atoms with E-state index in [9.17, 15) is 4.79 Å². The van der Waals surface area contributed by atoms with Gasteiger partial charge in [0.1, 0.15) is 5.78 Å². The van der Waals surface area contributed by atoms with E-state index in [1.165, 1.54) is 6.92 Å². The van der Waals surface area contributed by atoms with E-state index in [2.05, 4.69) is 0 Å². The van der Waals surface area contributed by atoms with Crippen LogP contribution < -0.4 is 17.2 Å². The molecule has 3 atom stereocenters. The molecule has 0 heterocycles. The number of carbonyl (C=O) groups excluding carboxylic acids is 1. The van der Waals surface area contributed by atoms with Crippen LogP contribution in [0.2, 0.25) is 0 Å². The maximum atomic E-state index is 10.7. The van der Waals surface area contributed by atoms with Gasteiger partial charge in [-0.1, -0.05) is 0 Å². The first kappa shape index (κ1) is 11.6. The molecule has 4 nitrogen and oxygen atoms in total. The molecular weight excluding hydrogens is 154 g/mol. The Hall–Kier alpha value is -0.450. The van der Waals surface area contributed by atoms with Crippen molar-refractivity contribution in [1.29, 1.82) is 0 Å². The third-order valence-electron chi connectivity index (χ3n) is 2.01. The van der Waals surface area contributed by atoms with Crippen LogP contribution in [0, 0.1) is 0 Å². The van der Waals surface area contributed by atoms with E-state index in [1.54, 1.807) is 0 Å². The molecule has 0 aromatic carbocycles. The summed E-state index contributed by atoms with van der Waals surface area (Å²) in [6.45, 7) is 3.34. The molecule has 72 valence electrons. The molecule has 0 saturated carbocycles. The van der Waals surface area contributed by atoms with Crippen molar-refractivity contribution in [3.05, 3.63) is 0 Å². The van der Waals surface area contributed by atoms with E-state index in [4.69, 9.17) is 17.2 Å². The Labute approximate surface area is 73.5 Å². The molecule has 0 rings (SSSR count). The summed E-state index contributed by atoms with van der Waals surface area (Å²) in [5.41, 5.74) is 16.7. The normalized spacial score (nSPS) is 18.4. The van der Waals surface area contributed by atoms with E-state index in [-0.39, 0.29) is 23.9 Å². The summed E-state index contributed by atoms with van der Waals surface area (Å²) < 4.78 is 0. The molecule has 0 bridgehead atoms. The van der Waals surface area contributed by atoms with Gasteiger partial charge in [-0.15, -0.1) is 0 Å². The molecule has 0 fully saturated rings. The van der Waals surface area contributed by atoms with E-state index >= 15 is 0 Å². The van der Waals surface area contributed by atoms with Crippen LogP contribution >= 0.6 is 0 Å². The van der Waals surface area contributed by atoms with Crippen molar-refractivity contribution < 1.29 is 4.79 Å². The number of carbonyl (C=O) groups is 1. The highest BCUT2D eigenvalue weighted by molar-refractivity contribution is 5.81. The number of ketones is 1. The Bertz CT molecular complexity index is 147. The minimum absolute atomic E-state index is 0.00637. The zero-order valence-corrected chi connectivity index (χ0v) is 7.79. The molecule has 0 spiro atoms. The highest BCUT2D eigenvalue weighted by Gasteiger charge is 2.12. The quantitative estimate of drug-likeness (QED) is 0.515. The lowest BCUT2D eigenvalue weighted by Gasteiger charge is -2.16. The van der Waals surface area contributed by atoms with Gasteiger partial charge in [0, 0.05) is 12.1 Å². The molecule has 12 heavy (non-hydrogen) atoms. The second-order valence-electron chi connectivity index (χ2n) is 3.32. The predicted octanol–water partition coefficient (Wildman–Crippen LogP) is -0.643. The molecule has 3 unspecified atom stereocenters. The van der Waals surface area contributed by atoms with Gasteiger partial charge in [0.15, 0.2) is 0 Å². The first-order valence-electron chi connectivity index (χ1n) is 4.22. The van der Waals surface area contributed by atoms with Gasteiger partial charge in [0.2, 0.25) is 0 Å².